The molecular formula is C14H26N2O4. The third-order valence-corrected chi connectivity index (χ3v) is 3.74. The van der Waals surface area contributed by atoms with E-state index in [0.29, 0.717) is 13.2 Å². The predicted molar refractivity (Wildman–Crippen MR) is 75.6 cm³/mol. The molecule has 2 atom stereocenters. The van der Waals surface area contributed by atoms with Crippen molar-refractivity contribution in [3.8, 4) is 0 Å². The van der Waals surface area contributed by atoms with Crippen LogP contribution in [0.4, 0.5) is 4.79 Å². The maximum atomic E-state index is 11.8. The molecule has 0 heterocycles. The lowest BCUT2D eigenvalue weighted by atomic mass is 9.84. The number of aliphatic carboxylic acids is 1. The van der Waals surface area contributed by atoms with Crippen molar-refractivity contribution in [2.24, 2.45) is 11.8 Å². The van der Waals surface area contributed by atoms with Crippen LogP contribution in [0.5, 0.6) is 0 Å². The zero-order valence-electron chi connectivity index (χ0n) is 12.4. The van der Waals surface area contributed by atoms with Gasteiger partial charge in [0.2, 0.25) is 0 Å². The molecule has 0 aromatic carbocycles. The quantitative estimate of drug-likeness (QED) is 0.663. The van der Waals surface area contributed by atoms with E-state index < -0.39 is 18.0 Å². The molecule has 1 aliphatic carbocycles. The Hall–Kier alpha value is -1.30. The molecule has 0 spiro atoms. The Morgan fingerprint density at radius 1 is 1.30 bits per heavy atom. The summed E-state index contributed by atoms with van der Waals surface area (Å²) < 4.78 is 4.98. The maximum Gasteiger partial charge on any atom is 0.326 e. The van der Waals surface area contributed by atoms with Crippen molar-refractivity contribution >= 4 is 12.0 Å². The summed E-state index contributed by atoms with van der Waals surface area (Å²) in [5, 5.41) is 14.6. The molecular weight excluding hydrogens is 260 g/mol. The van der Waals surface area contributed by atoms with Crippen LogP contribution in [-0.4, -0.2) is 43.4 Å². The standard InChI is InChI=1S/C14H26N2O4/c1-10(9-20-2)8-15-14(19)16-12(13(17)18)11-6-4-3-5-7-11/h10-12H,3-9H2,1-2H3,(H,17,18)(H2,15,16,19). The van der Waals surface area contributed by atoms with E-state index in [4.69, 9.17) is 4.74 Å². The summed E-state index contributed by atoms with van der Waals surface area (Å²) in [5.41, 5.74) is 0. The molecule has 3 N–H and O–H groups in total. The van der Waals surface area contributed by atoms with Gasteiger partial charge in [-0.05, 0) is 24.7 Å². The van der Waals surface area contributed by atoms with Gasteiger partial charge >= 0.3 is 12.0 Å². The van der Waals surface area contributed by atoms with E-state index in [0.717, 1.165) is 32.1 Å². The number of carbonyl (C=O) groups is 2. The van der Waals surface area contributed by atoms with Crippen molar-refractivity contribution in [3.63, 3.8) is 0 Å². The van der Waals surface area contributed by atoms with Crippen LogP contribution >= 0.6 is 0 Å². The van der Waals surface area contributed by atoms with Crippen LogP contribution in [0.25, 0.3) is 0 Å². The molecule has 1 saturated carbocycles. The minimum Gasteiger partial charge on any atom is -0.480 e. The Kier molecular flexibility index (Phi) is 7.36. The summed E-state index contributed by atoms with van der Waals surface area (Å²) in [7, 11) is 1.61. The highest BCUT2D eigenvalue weighted by Gasteiger charge is 2.30. The molecule has 116 valence electrons. The monoisotopic (exact) mass is 286 g/mol. The van der Waals surface area contributed by atoms with Gasteiger partial charge in [0.25, 0.3) is 0 Å². The van der Waals surface area contributed by atoms with Crippen LogP contribution in [0.3, 0.4) is 0 Å². The smallest absolute Gasteiger partial charge is 0.326 e. The number of carboxylic acids is 1. The minimum atomic E-state index is -0.947. The highest BCUT2D eigenvalue weighted by Crippen LogP contribution is 2.26. The van der Waals surface area contributed by atoms with Crippen molar-refractivity contribution < 1.29 is 19.4 Å². The van der Waals surface area contributed by atoms with Gasteiger partial charge in [-0.25, -0.2) is 9.59 Å². The molecule has 20 heavy (non-hydrogen) atoms. The molecule has 0 aliphatic heterocycles. The third-order valence-electron chi connectivity index (χ3n) is 3.74. The molecule has 0 aromatic heterocycles. The fraction of sp³-hybridized carbons (Fsp3) is 0.857. The van der Waals surface area contributed by atoms with Crippen molar-refractivity contribution in [2.75, 3.05) is 20.3 Å². The number of carbonyl (C=O) groups excluding carboxylic acids is 1. The van der Waals surface area contributed by atoms with E-state index >= 15 is 0 Å². The molecule has 6 nitrogen and oxygen atoms in total. The molecule has 1 rings (SSSR count). The molecule has 2 unspecified atom stereocenters. The van der Waals surface area contributed by atoms with Gasteiger partial charge in [0.15, 0.2) is 0 Å². The fourth-order valence-electron chi connectivity index (χ4n) is 2.65. The largest absolute Gasteiger partial charge is 0.480 e. The number of hydrogen-bond acceptors (Lipinski definition) is 3. The van der Waals surface area contributed by atoms with Gasteiger partial charge < -0.3 is 20.5 Å². The van der Waals surface area contributed by atoms with Gasteiger partial charge in [0.05, 0.1) is 6.61 Å². The molecule has 6 heteroatoms. The average molecular weight is 286 g/mol. The van der Waals surface area contributed by atoms with Crippen LogP contribution in [0.2, 0.25) is 0 Å². The Bertz CT molecular complexity index is 316. The number of methoxy groups -OCH3 is 1. The van der Waals surface area contributed by atoms with Gasteiger partial charge in [-0.2, -0.15) is 0 Å². The SMILES string of the molecule is COCC(C)CNC(=O)NC(C(=O)O)C1CCCCC1. The molecule has 1 fully saturated rings. The second-order valence-electron chi connectivity index (χ2n) is 5.63. The average Bonchev–Trinajstić information content (AvgIpc) is 2.43. The van der Waals surface area contributed by atoms with Gasteiger partial charge in [0, 0.05) is 13.7 Å². The predicted octanol–water partition coefficient (Wildman–Crippen LogP) is 1.60. The first-order valence-corrected chi connectivity index (χ1v) is 7.30. The van der Waals surface area contributed by atoms with Crippen LogP contribution in [-0.2, 0) is 9.53 Å². The lowest BCUT2D eigenvalue weighted by Crippen LogP contribution is -2.50. The van der Waals surface area contributed by atoms with Crippen LogP contribution in [0.1, 0.15) is 39.0 Å². The van der Waals surface area contributed by atoms with Gasteiger partial charge in [0.1, 0.15) is 6.04 Å². The molecule has 0 saturated heterocycles. The zero-order valence-corrected chi connectivity index (χ0v) is 12.4. The number of ether oxygens (including phenoxy) is 1. The first-order valence-electron chi connectivity index (χ1n) is 7.30. The first kappa shape index (κ1) is 16.8. The number of rotatable bonds is 7. The molecule has 0 bridgehead atoms. The lowest BCUT2D eigenvalue weighted by molar-refractivity contribution is -0.141. The van der Waals surface area contributed by atoms with Crippen LogP contribution in [0, 0.1) is 11.8 Å². The van der Waals surface area contributed by atoms with E-state index in [9.17, 15) is 14.7 Å². The van der Waals surface area contributed by atoms with E-state index in [-0.39, 0.29) is 11.8 Å². The second-order valence-corrected chi connectivity index (χ2v) is 5.63. The highest BCUT2D eigenvalue weighted by molar-refractivity contribution is 5.82. The summed E-state index contributed by atoms with van der Waals surface area (Å²) in [6.45, 7) is 2.99. The molecule has 2 amide bonds. The molecule has 0 radical (unpaired) electrons. The zero-order chi connectivity index (χ0) is 15.0. The number of amides is 2. The Morgan fingerprint density at radius 2 is 1.95 bits per heavy atom. The van der Waals surface area contributed by atoms with E-state index in [2.05, 4.69) is 10.6 Å². The summed E-state index contributed by atoms with van der Waals surface area (Å²) in [4.78, 5) is 23.1. The van der Waals surface area contributed by atoms with Crippen molar-refractivity contribution in [3.05, 3.63) is 0 Å². The van der Waals surface area contributed by atoms with Gasteiger partial charge in [-0.15, -0.1) is 0 Å². The summed E-state index contributed by atoms with van der Waals surface area (Å²) in [6, 6.07) is -1.20. The van der Waals surface area contributed by atoms with E-state index in [1.54, 1.807) is 7.11 Å². The number of carboxylic acid groups (broad SMARTS) is 1. The van der Waals surface area contributed by atoms with E-state index in [1.165, 1.54) is 0 Å². The molecule has 1 aliphatic rings. The minimum absolute atomic E-state index is 0.0448. The Morgan fingerprint density at radius 3 is 2.50 bits per heavy atom. The van der Waals surface area contributed by atoms with Gasteiger partial charge in [-0.1, -0.05) is 26.2 Å². The molecule has 0 aromatic rings. The van der Waals surface area contributed by atoms with Gasteiger partial charge in [-0.3, -0.25) is 0 Å². The van der Waals surface area contributed by atoms with Crippen LogP contribution < -0.4 is 10.6 Å². The topological polar surface area (TPSA) is 87.7 Å². The van der Waals surface area contributed by atoms with Crippen molar-refractivity contribution in [2.45, 2.75) is 45.1 Å². The first-order chi connectivity index (χ1) is 9.54. The highest BCUT2D eigenvalue weighted by atomic mass is 16.5. The Balaban J connectivity index is 2.40. The maximum absolute atomic E-state index is 11.8. The third kappa shape index (κ3) is 5.77. The summed E-state index contributed by atoms with van der Waals surface area (Å²) in [6.07, 6.45) is 4.99. The Labute approximate surface area is 120 Å². The second kappa shape index (κ2) is 8.79. The summed E-state index contributed by atoms with van der Waals surface area (Å²) in [5.74, 6) is -0.705. The number of nitrogens with one attached hydrogen (secondary N) is 2. The van der Waals surface area contributed by atoms with Crippen molar-refractivity contribution in [1.29, 1.82) is 0 Å². The fourth-order valence-corrected chi connectivity index (χ4v) is 2.65. The summed E-state index contributed by atoms with van der Waals surface area (Å²) >= 11 is 0. The van der Waals surface area contributed by atoms with Crippen LogP contribution in [0.15, 0.2) is 0 Å². The van der Waals surface area contributed by atoms with Crippen molar-refractivity contribution in [1.82, 2.24) is 10.6 Å². The van der Waals surface area contributed by atoms with E-state index in [1.807, 2.05) is 6.92 Å². The lowest BCUT2D eigenvalue weighted by Gasteiger charge is -2.28. The number of urea groups is 1. The number of hydrogen-bond donors (Lipinski definition) is 3. The normalized spacial score (nSPS) is 19.1.